The molecular weight excluding hydrogens is 427 g/mol. The highest BCUT2D eigenvalue weighted by Crippen LogP contribution is 2.30. The third kappa shape index (κ3) is 5.37. The predicted molar refractivity (Wildman–Crippen MR) is 94.5 cm³/mol. The first-order chi connectivity index (χ1) is 14.6. The summed E-state index contributed by atoms with van der Waals surface area (Å²) in [5.41, 5.74) is -1.49. The van der Waals surface area contributed by atoms with Gasteiger partial charge in [0.05, 0.1) is 18.5 Å². The number of pyridine rings is 1. The third-order valence-corrected chi connectivity index (χ3v) is 4.44. The Hall–Kier alpha value is -3.03. The lowest BCUT2D eigenvalue weighted by molar-refractivity contribution is -0.216. The molecule has 2 aromatic rings. The molecule has 0 radical (unpaired) electrons. The van der Waals surface area contributed by atoms with E-state index in [1.54, 1.807) is 0 Å². The van der Waals surface area contributed by atoms with Gasteiger partial charge in [-0.1, -0.05) is 6.07 Å². The summed E-state index contributed by atoms with van der Waals surface area (Å²) < 4.78 is 55.1. The van der Waals surface area contributed by atoms with E-state index in [0.717, 1.165) is 24.5 Å². The van der Waals surface area contributed by atoms with E-state index >= 15 is 0 Å². The summed E-state index contributed by atoms with van der Waals surface area (Å²) in [4.78, 5) is 21.6. The number of aliphatic hydroxyl groups excluding tert-OH is 2. The molecule has 1 aliphatic rings. The molecule has 2 aromatic heterocycles. The van der Waals surface area contributed by atoms with Gasteiger partial charge in [0, 0.05) is 6.07 Å². The Kier molecular flexibility index (Phi) is 6.57. The molecule has 1 aliphatic heterocycles. The van der Waals surface area contributed by atoms with Gasteiger partial charge in [-0.25, -0.2) is 19.7 Å². The highest BCUT2D eigenvalue weighted by Gasteiger charge is 2.45. The molecule has 0 saturated carbocycles. The van der Waals surface area contributed by atoms with Crippen molar-refractivity contribution >= 4 is 5.97 Å². The molecule has 3 N–H and O–H groups in total. The first kappa shape index (κ1) is 22.7. The lowest BCUT2D eigenvalue weighted by atomic mass is 9.96. The Labute approximate surface area is 173 Å². The van der Waals surface area contributed by atoms with Crippen molar-refractivity contribution in [3.05, 3.63) is 42.0 Å². The number of aromatic carboxylic acids is 1. The fourth-order valence-corrected chi connectivity index (χ4v) is 2.85. The minimum atomic E-state index is -4.70. The highest BCUT2D eigenvalue weighted by atomic mass is 19.4. The van der Waals surface area contributed by atoms with Gasteiger partial charge in [-0.05, 0) is 13.0 Å². The van der Waals surface area contributed by atoms with Gasteiger partial charge in [-0.3, -0.25) is 0 Å². The Balaban J connectivity index is 1.76. The minimum Gasteiger partial charge on any atom is -0.476 e. The predicted octanol–water partition coefficient (Wildman–Crippen LogP) is 0.924. The number of carboxylic acid groups (broad SMARTS) is 1. The molecule has 5 atom stereocenters. The van der Waals surface area contributed by atoms with Crippen LogP contribution in [0.1, 0.15) is 23.1 Å². The summed E-state index contributed by atoms with van der Waals surface area (Å²) in [6, 6.07) is 3.02. The topological polar surface area (TPSA) is 144 Å². The molecule has 168 valence electrons. The van der Waals surface area contributed by atoms with Gasteiger partial charge in [-0.15, -0.1) is 0 Å². The molecule has 1 fully saturated rings. The van der Waals surface area contributed by atoms with Crippen molar-refractivity contribution in [2.24, 2.45) is 0 Å². The van der Waals surface area contributed by atoms with Crippen LogP contribution in [0.5, 0.6) is 11.8 Å². The minimum absolute atomic E-state index is 0.0576. The summed E-state index contributed by atoms with van der Waals surface area (Å²) in [6.45, 7) is 1.19. The summed E-state index contributed by atoms with van der Waals surface area (Å²) >= 11 is 0. The van der Waals surface area contributed by atoms with E-state index in [1.165, 1.54) is 13.0 Å². The second-order valence-corrected chi connectivity index (χ2v) is 6.66. The molecule has 3 heterocycles. The van der Waals surface area contributed by atoms with Crippen molar-refractivity contribution in [3.63, 3.8) is 0 Å². The smallest absolute Gasteiger partial charge is 0.433 e. The highest BCUT2D eigenvalue weighted by molar-refractivity contribution is 5.84. The number of aromatic nitrogens is 3. The fraction of sp³-hybridized carbons (Fsp3) is 0.444. The van der Waals surface area contributed by atoms with E-state index in [-0.39, 0.29) is 18.2 Å². The average molecular weight is 445 g/mol. The number of nitrogens with zero attached hydrogens (tertiary/aromatic N) is 3. The zero-order valence-corrected chi connectivity index (χ0v) is 15.9. The first-order valence-corrected chi connectivity index (χ1v) is 8.97. The van der Waals surface area contributed by atoms with E-state index in [9.17, 15) is 28.2 Å². The second kappa shape index (κ2) is 8.99. The van der Waals surface area contributed by atoms with E-state index in [2.05, 4.69) is 15.0 Å². The van der Waals surface area contributed by atoms with Crippen LogP contribution < -0.4 is 9.47 Å². The van der Waals surface area contributed by atoms with Gasteiger partial charge in [-0.2, -0.15) is 13.2 Å². The summed E-state index contributed by atoms with van der Waals surface area (Å²) in [7, 11) is 0. The molecule has 31 heavy (non-hydrogen) atoms. The van der Waals surface area contributed by atoms with Crippen molar-refractivity contribution in [1.82, 2.24) is 15.0 Å². The fourth-order valence-electron chi connectivity index (χ4n) is 2.85. The van der Waals surface area contributed by atoms with Crippen LogP contribution in [0.4, 0.5) is 13.2 Å². The van der Waals surface area contributed by atoms with Gasteiger partial charge < -0.3 is 29.5 Å². The zero-order chi connectivity index (χ0) is 22.8. The number of aliphatic hydroxyl groups is 2. The number of carbonyl (C=O) groups is 1. The Morgan fingerprint density at radius 1 is 1.16 bits per heavy atom. The Morgan fingerprint density at radius 3 is 2.52 bits per heavy atom. The lowest BCUT2D eigenvalue weighted by Crippen LogP contribution is -2.60. The van der Waals surface area contributed by atoms with Gasteiger partial charge >= 0.3 is 12.1 Å². The summed E-state index contributed by atoms with van der Waals surface area (Å²) in [5, 5.41) is 29.3. The number of ether oxygens (including phenoxy) is 3. The molecule has 13 heteroatoms. The van der Waals surface area contributed by atoms with Crippen LogP contribution in [0.15, 0.2) is 30.6 Å². The Bertz CT molecular complexity index is 913. The maximum Gasteiger partial charge on any atom is 0.433 e. The summed E-state index contributed by atoms with van der Waals surface area (Å²) in [5.74, 6) is -1.76. The van der Waals surface area contributed by atoms with Crippen LogP contribution in [0, 0.1) is 0 Å². The monoisotopic (exact) mass is 445 g/mol. The van der Waals surface area contributed by atoms with Gasteiger partial charge in [0.1, 0.15) is 30.6 Å². The maximum atomic E-state index is 12.9. The number of alkyl halides is 3. The molecule has 0 bridgehead atoms. The van der Waals surface area contributed by atoms with Crippen molar-refractivity contribution in [2.75, 3.05) is 6.61 Å². The maximum absolute atomic E-state index is 12.9. The number of carboxylic acids is 1. The van der Waals surface area contributed by atoms with E-state index in [4.69, 9.17) is 19.3 Å². The average Bonchev–Trinajstić information content (AvgIpc) is 2.73. The first-order valence-electron chi connectivity index (χ1n) is 8.97. The third-order valence-electron chi connectivity index (χ3n) is 4.44. The standard InChI is InChI=1S/C18H18F3N3O7/c1-8-14(25)15(26)16(31-12-4-2-3-11(24-12)18(19,20)21)10(30-8)7-29-13-6-22-9(5-23-13)17(27)28/h2-6,8,10,14-16,25-26H,7H2,1H3,(H,27,28)/t8-,10-,14+,15+,16+/m1/s1. The van der Waals surface area contributed by atoms with Crippen molar-refractivity contribution in [3.8, 4) is 11.8 Å². The van der Waals surface area contributed by atoms with Crippen LogP contribution in [0.2, 0.25) is 0 Å². The lowest BCUT2D eigenvalue weighted by Gasteiger charge is -2.41. The Morgan fingerprint density at radius 2 is 1.90 bits per heavy atom. The van der Waals surface area contributed by atoms with E-state index < -0.39 is 54.2 Å². The molecular formula is C18H18F3N3O7. The molecule has 10 nitrogen and oxygen atoms in total. The molecule has 3 rings (SSSR count). The molecule has 0 aromatic carbocycles. The van der Waals surface area contributed by atoms with Crippen molar-refractivity contribution in [1.29, 1.82) is 0 Å². The van der Waals surface area contributed by atoms with Crippen molar-refractivity contribution in [2.45, 2.75) is 43.6 Å². The van der Waals surface area contributed by atoms with Crippen LogP contribution >= 0.6 is 0 Å². The van der Waals surface area contributed by atoms with Crippen LogP contribution in [-0.2, 0) is 10.9 Å². The normalized spacial score (nSPS) is 26.3. The molecule has 0 spiro atoms. The molecule has 1 saturated heterocycles. The van der Waals surface area contributed by atoms with Crippen LogP contribution in [0.3, 0.4) is 0 Å². The quantitative estimate of drug-likeness (QED) is 0.587. The molecule has 0 unspecified atom stereocenters. The van der Waals surface area contributed by atoms with E-state index in [1.807, 2.05) is 0 Å². The number of halogens is 3. The second-order valence-electron chi connectivity index (χ2n) is 6.66. The van der Waals surface area contributed by atoms with Crippen LogP contribution in [0.25, 0.3) is 0 Å². The van der Waals surface area contributed by atoms with Gasteiger partial charge in [0.25, 0.3) is 0 Å². The number of hydrogen-bond donors (Lipinski definition) is 3. The largest absolute Gasteiger partial charge is 0.476 e. The van der Waals surface area contributed by atoms with E-state index in [0.29, 0.717) is 0 Å². The van der Waals surface area contributed by atoms with Crippen molar-refractivity contribution < 1.29 is 47.5 Å². The summed E-state index contributed by atoms with van der Waals surface area (Å²) in [6.07, 6.45) is -8.75. The van der Waals surface area contributed by atoms with Crippen LogP contribution in [-0.4, -0.2) is 73.4 Å². The van der Waals surface area contributed by atoms with Gasteiger partial charge in [0.2, 0.25) is 11.8 Å². The van der Waals surface area contributed by atoms with Gasteiger partial charge in [0.15, 0.2) is 11.8 Å². The zero-order valence-electron chi connectivity index (χ0n) is 15.9. The molecule has 0 aliphatic carbocycles. The SMILES string of the molecule is C[C@H]1O[C@H](COc2cnc(C(=O)O)cn2)[C@H](Oc2cccc(C(F)(F)F)n2)[C@@H](O)[C@H]1O. The number of hydrogen-bond acceptors (Lipinski definition) is 9. The number of rotatable bonds is 6. The molecule has 0 amide bonds.